The van der Waals surface area contributed by atoms with Crippen molar-refractivity contribution in [2.24, 2.45) is 5.92 Å². The van der Waals surface area contributed by atoms with Crippen LogP contribution in [0.25, 0.3) is 0 Å². The zero-order valence-corrected chi connectivity index (χ0v) is 11.7. The lowest BCUT2D eigenvalue weighted by Gasteiger charge is -2.20. The second-order valence-electron chi connectivity index (χ2n) is 5.22. The van der Waals surface area contributed by atoms with E-state index in [9.17, 15) is 0 Å². The van der Waals surface area contributed by atoms with Gasteiger partial charge >= 0.3 is 0 Å². The van der Waals surface area contributed by atoms with Crippen molar-refractivity contribution in [1.82, 2.24) is 4.98 Å². The van der Waals surface area contributed by atoms with E-state index in [1.54, 1.807) is 6.20 Å². The Morgan fingerprint density at radius 1 is 1.26 bits per heavy atom. The standard InChI is InChI=1S/C16H17ClN2/c1-11-9-14(16(17)18-10-11)19-15(13-7-8-13)12-5-3-2-4-6-12/h2-6,9-10,13,15,19H,7-8H2,1H3. The Balaban J connectivity index is 1.88. The third-order valence-corrected chi connectivity index (χ3v) is 3.84. The fraction of sp³-hybridized carbons (Fsp3) is 0.312. The summed E-state index contributed by atoms with van der Waals surface area (Å²) >= 11 is 6.18. The van der Waals surface area contributed by atoms with E-state index in [1.165, 1.54) is 18.4 Å². The highest BCUT2D eigenvalue weighted by Crippen LogP contribution is 2.43. The molecule has 3 rings (SSSR count). The number of pyridine rings is 1. The van der Waals surface area contributed by atoms with Gasteiger partial charge in [-0.2, -0.15) is 0 Å². The summed E-state index contributed by atoms with van der Waals surface area (Å²) < 4.78 is 0. The van der Waals surface area contributed by atoms with Crippen LogP contribution in [-0.4, -0.2) is 4.98 Å². The Morgan fingerprint density at radius 3 is 2.68 bits per heavy atom. The Bertz CT molecular complexity index is 564. The second kappa shape index (κ2) is 5.22. The molecule has 1 fully saturated rings. The minimum absolute atomic E-state index is 0.335. The maximum atomic E-state index is 6.18. The summed E-state index contributed by atoms with van der Waals surface area (Å²) in [5, 5.41) is 4.12. The van der Waals surface area contributed by atoms with Gasteiger partial charge in [-0.05, 0) is 42.9 Å². The summed E-state index contributed by atoms with van der Waals surface area (Å²) in [7, 11) is 0. The Labute approximate surface area is 118 Å². The number of hydrogen-bond donors (Lipinski definition) is 1. The van der Waals surface area contributed by atoms with E-state index in [-0.39, 0.29) is 0 Å². The molecule has 98 valence electrons. The highest BCUT2D eigenvalue weighted by atomic mass is 35.5. The van der Waals surface area contributed by atoms with Gasteiger partial charge in [-0.25, -0.2) is 4.98 Å². The summed E-state index contributed by atoms with van der Waals surface area (Å²) in [6, 6.07) is 13.0. The highest BCUT2D eigenvalue weighted by molar-refractivity contribution is 6.32. The van der Waals surface area contributed by atoms with Crippen LogP contribution >= 0.6 is 11.6 Å². The molecule has 1 aliphatic carbocycles. The summed E-state index contributed by atoms with van der Waals surface area (Å²) in [5.41, 5.74) is 3.37. The van der Waals surface area contributed by atoms with Gasteiger partial charge in [0.1, 0.15) is 0 Å². The molecule has 1 N–H and O–H groups in total. The zero-order valence-electron chi connectivity index (χ0n) is 10.9. The first-order valence-corrected chi connectivity index (χ1v) is 7.05. The molecule has 0 radical (unpaired) electrons. The van der Waals surface area contributed by atoms with Gasteiger partial charge in [0.05, 0.1) is 11.7 Å². The van der Waals surface area contributed by atoms with Crippen molar-refractivity contribution in [2.75, 3.05) is 5.32 Å². The average molecular weight is 273 g/mol. The lowest BCUT2D eigenvalue weighted by Crippen LogP contribution is -2.13. The molecule has 19 heavy (non-hydrogen) atoms. The lowest BCUT2D eigenvalue weighted by atomic mass is 10.0. The molecule has 1 saturated carbocycles. The molecule has 3 heteroatoms. The first-order chi connectivity index (χ1) is 9.24. The topological polar surface area (TPSA) is 24.9 Å². The van der Waals surface area contributed by atoms with Crippen LogP contribution in [0.3, 0.4) is 0 Å². The van der Waals surface area contributed by atoms with E-state index >= 15 is 0 Å². The molecule has 1 aromatic heterocycles. The number of aromatic nitrogens is 1. The van der Waals surface area contributed by atoms with Crippen LogP contribution in [0, 0.1) is 12.8 Å². The maximum Gasteiger partial charge on any atom is 0.152 e. The van der Waals surface area contributed by atoms with Crippen LogP contribution in [0.15, 0.2) is 42.6 Å². The quantitative estimate of drug-likeness (QED) is 0.823. The van der Waals surface area contributed by atoms with Gasteiger partial charge in [-0.1, -0.05) is 41.9 Å². The summed E-state index contributed by atoms with van der Waals surface area (Å²) in [6.07, 6.45) is 4.36. The van der Waals surface area contributed by atoms with E-state index in [2.05, 4.69) is 46.7 Å². The smallest absolute Gasteiger partial charge is 0.152 e. The Hall–Kier alpha value is -1.54. The molecule has 1 unspecified atom stereocenters. The number of anilines is 1. The molecule has 0 bridgehead atoms. The first-order valence-electron chi connectivity index (χ1n) is 6.67. The molecule has 0 saturated heterocycles. The number of benzene rings is 1. The van der Waals surface area contributed by atoms with E-state index < -0.39 is 0 Å². The highest BCUT2D eigenvalue weighted by Gasteiger charge is 2.32. The van der Waals surface area contributed by atoms with E-state index in [0.717, 1.165) is 11.3 Å². The van der Waals surface area contributed by atoms with E-state index in [4.69, 9.17) is 11.6 Å². The first kappa shape index (κ1) is 12.5. The van der Waals surface area contributed by atoms with Crippen LogP contribution in [0.2, 0.25) is 5.15 Å². The number of nitrogens with zero attached hydrogens (tertiary/aromatic N) is 1. The minimum Gasteiger partial charge on any atom is -0.375 e. The van der Waals surface area contributed by atoms with Gasteiger partial charge in [0.2, 0.25) is 0 Å². The van der Waals surface area contributed by atoms with Crippen molar-refractivity contribution in [3.05, 3.63) is 58.9 Å². The van der Waals surface area contributed by atoms with Crippen molar-refractivity contribution in [3.63, 3.8) is 0 Å². The van der Waals surface area contributed by atoms with Crippen molar-refractivity contribution in [1.29, 1.82) is 0 Å². The molecular weight excluding hydrogens is 256 g/mol. The molecule has 1 aliphatic rings. The molecule has 0 aliphatic heterocycles. The predicted octanol–water partition coefficient (Wildman–Crippen LogP) is 4.61. The van der Waals surface area contributed by atoms with Crippen LogP contribution in [-0.2, 0) is 0 Å². The molecular formula is C16H17ClN2. The predicted molar refractivity (Wildman–Crippen MR) is 79.5 cm³/mol. The van der Waals surface area contributed by atoms with Crippen molar-refractivity contribution >= 4 is 17.3 Å². The lowest BCUT2D eigenvalue weighted by molar-refractivity contribution is 0.678. The van der Waals surface area contributed by atoms with Crippen molar-refractivity contribution in [3.8, 4) is 0 Å². The number of nitrogens with one attached hydrogen (secondary N) is 1. The Kier molecular flexibility index (Phi) is 3.43. The van der Waals surface area contributed by atoms with Crippen LogP contribution in [0.1, 0.15) is 30.0 Å². The number of aryl methyl sites for hydroxylation is 1. The normalized spacial score (nSPS) is 16.1. The molecule has 1 atom stereocenters. The maximum absolute atomic E-state index is 6.18. The molecule has 1 heterocycles. The van der Waals surface area contributed by atoms with Gasteiger partial charge in [0, 0.05) is 6.20 Å². The number of halogens is 1. The van der Waals surface area contributed by atoms with Gasteiger partial charge in [0.25, 0.3) is 0 Å². The van der Waals surface area contributed by atoms with E-state index in [1.807, 2.05) is 6.92 Å². The molecule has 2 aromatic rings. The monoisotopic (exact) mass is 272 g/mol. The van der Waals surface area contributed by atoms with Crippen molar-refractivity contribution < 1.29 is 0 Å². The van der Waals surface area contributed by atoms with Crippen LogP contribution < -0.4 is 5.32 Å². The average Bonchev–Trinajstić information content (AvgIpc) is 3.25. The van der Waals surface area contributed by atoms with E-state index in [0.29, 0.717) is 17.1 Å². The van der Waals surface area contributed by atoms with Gasteiger partial charge in [0.15, 0.2) is 5.15 Å². The number of hydrogen-bond acceptors (Lipinski definition) is 2. The molecule has 0 amide bonds. The fourth-order valence-corrected chi connectivity index (χ4v) is 2.54. The molecule has 0 spiro atoms. The third-order valence-electron chi connectivity index (χ3n) is 3.54. The summed E-state index contributed by atoms with van der Waals surface area (Å²) in [5.74, 6) is 0.707. The largest absolute Gasteiger partial charge is 0.375 e. The van der Waals surface area contributed by atoms with Gasteiger partial charge < -0.3 is 5.32 Å². The number of rotatable bonds is 4. The van der Waals surface area contributed by atoms with Crippen molar-refractivity contribution in [2.45, 2.75) is 25.8 Å². The fourth-order valence-electron chi connectivity index (χ4n) is 2.38. The Morgan fingerprint density at radius 2 is 2.00 bits per heavy atom. The van der Waals surface area contributed by atoms with Gasteiger partial charge in [-0.3, -0.25) is 0 Å². The van der Waals surface area contributed by atoms with Gasteiger partial charge in [-0.15, -0.1) is 0 Å². The molecule has 1 aromatic carbocycles. The van der Waals surface area contributed by atoms with Crippen LogP contribution in [0.5, 0.6) is 0 Å². The minimum atomic E-state index is 0.335. The molecule has 2 nitrogen and oxygen atoms in total. The van der Waals surface area contributed by atoms with Crippen LogP contribution in [0.4, 0.5) is 5.69 Å². The SMILES string of the molecule is Cc1cnc(Cl)c(NC(c2ccccc2)C2CC2)c1. The summed E-state index contributed by atoms with van der Waals surface area (Å²) in [4.78, 5) is 4.21. The third kappa shape index (κ3) is 2.90. The second-order valence-corrected chi connectivity index (χ2v) is 5.58. The summed E-state index contributed by atoms with van der Waals surface area (Å²) in [6.45, 7) is 2.03. The zero-order chi connectivity index (χ0) is 13.2.